The van der Waals surface area contributed by atoms with Gasteiger partial charge < -0.3 is 4.74 Å². The number of anilines is 2. The number of hydrogen-bond acceptors (Lipinski definition) is 8. The normalized spacial score (nSPS) is 16.4. The monoisotopic (exact) mass is 416 g/mol. The molecular weight excluding hydrogens is 396 g/mol. The van der Waals surface area contributed by atoms with E-state index in [9.17, 15) is 4.79 Å². The van der Waals surface area contributed by atoms with Gasteiger partial charge in [0.2, 0.25) is 11.1 Å². The number of carbonyl (C=O) groups is 1. The third kappa shape index (κ3) is 4.40. The van der Waals surface area contributed by atoms with E-state index < -0.39 is 0 Å². The van der Waals surface area contributed by atoms with Gasteiger partial charge in [-0.25, -0.2) is 9.67 Å². The van der Waals surface area contributed by atoms with Crippen LogP contribution in [0.25, 0.3) is 0 Å². The van der Waals surface area contributed by atoms with Crippen LogP contribution in [0.5, 0.6) is 0 Å². The second kappa shape index (κ2) is 8.80. The van der Waals surface area contributed by atoms with Gasteiger partial charge in [0, 0.05) is 24.7 Å². The van der Waals surface area contributed by atoms with Gasteiger partial charge in [-0.05, 0) is 35.4 Å². The van der Waals surface area contributed by atoms with Gasteiger partial charge in [-0.15, -0.1) is 16.4 Å². The fourth-order valence-corrected chi connectivity index (χ4v) is 4.77. The zero-order valence-corrected chi connectivity index (χ0v) is 17.0. The first-order chi connectivity index (χ1) is 13.7. The molecule has 1 aliphatic heterocycles. The van der Waals surface area contributed by atoms with Gasteiger partial charge in [0.1, 0.15) is 0 Å². The van der Waals surface area contributed by atoms with E-state index in [0.29, 0.717) is 17.4 Å². The van der Waals surface area contributed by atoms with Crippen molar-refractivity contribution in [2.45, 2.75) is 43.3 Å². The lowest BCUT2D eigenvalue weighted by Crippen LogP contribution is -2.22. The Morgan fingerprint density at radius 1 is 1.39 bits per heavy atom. The molecule has 3 aromatic rings. The van der Waals surface area contributed by atoms with Gasteiger partial charge in [-0.3, -0.25) is 9.69 Å². The van der Waals surface area contributed by atoms with Crippen LogP contribution in [-0.2, 0) is 21.8 Å². The predicted molar refractivity (Wildman–Crippen MR) is 108 cm³/mol. The van der Waals surface area contributed by atoms with Gasteiger partial charge in [0.25, 0.3) is 0 Å². The molecule has 3 heterocycles. The van der Waals surface area contributed by atoms with Crippen LogP contribution in [0.4, 0.5) is 10.8 Å². The van der Waals surface area contributed by atoms with Gasteiger partial charge in [0.15, 0.2) is 5.13 Å². The zero-order chi connectivity index (χ0) is 19.3. The molecular formula is C18H20N6O2S2. The summed E-state index contributed by atoms with van der Waals surface area (Å²) in [6.07, 6.45) is 2.31. The number of ether oxygens (including phenoxy) is 1. The minimum Gasteiger partial charge on any atom is -0.376 e. The fraction of sp³-hybridized carbons (Fsp3) is 0.389. The second-order valence-corrected chi connectivity index (χ2v) is 8.16. The average Bonchev–Trinajstić information content (AvgIpc) is 3.44. The SMILES string of the molecule is CC(=O)N(c1ccccc1)c1nc(CSc2nnnn2C[C@H]2CCCO2)cs1. The molecule has 1 saturated heterocycles. The number of aromatic nitrogens is 5. The molecule has 4 rings (SSSR count). The highest BCUT2D eigenvalue weighted by molar-refractivity contribution is 7.98. The van der Waals surface area contributed by atoms with Crippen LogP contribution < -0.4 is 4.90 Å². The van der Waals surface area contributed by atoms with Crippen LogP contribution in [0.3, 0.4) is 0 Å². The van der Waals surface area contributed by atoms with Crippen LogP contribution in [0.1, 0.15) is 25.5 Å². The van der Waals surface area contributed by atoms with Crippen molar-refractivity contribution in [1.29, 1.82) is 0 Å². The summed E-state index contributed by atoms with van der Waals surface area (Å²) in [6, 6.07) is 9.53. The summed E-state index contributed by atoms with van der Waals surface area (Å²) in [6.45, 7) is 3.02. The Kier molecular flexibility index (Phi) is 5.98. The highest BCUT2D eigenvalue weighted by Crippen LogP contribution is 2.30. The summed E-state index contributed by atoms with van der Waals surface area (Å²) in [4.78, 5) is 18.4. The molecule has 2 aromatic heterocycles. The van der Waals surface area contributed by atoms with Crippen molar-refractivity contribution < 1.29 is 9.53 Å². The van der Waals surface area contributed by atoms with Crippen LogP contribution in [-0.4, -0.2) is 43.8 Å². The number of benzene rings is 1. The van der Waals surface area contributed by atoms with Crippen molar-refractivity contribution in [2.24, 2.45) is 0 Å². The van der Waals surface area contributed by atoms with Crippen molar-refractivity contribution in [3.8, 4) is 0 Å². The van der Waals surface area contributed by atoms with E-state index in [0.717, 1.165) is 36.0 Å². The minimum absolute atomic E-state index is 0.0692. The first-order valence-electron chi connectivity index (χ1n) is 9.01. The van der Waals surface area contributed by atoms with Gasteiger partial charge in [0.05, 0.1) is 24.0 Å². The maximum absolute atomic E-state index is 12.2. The zero-order valence-electron chi connectivity index (χ0n) is 15.4. The largest absolute Gasteiger partial charge is 0.376 e. The number of tetrazole rings is 1. The Bertz CT molecular complexity index is 923. The third-order valence-electron chi connectivity index (χ3n) is 4.31. The number of para-hydroxylation sites is 1. The number of hydrogen-bond donors (Lipinski definition) is 0. The van der Waals surface area contributed by atoms with E-state index in [1.807, 2.05) is 35.7 Å². The first kappa shape index (κ1) is 19.0. The molecule has 1 aromatic carbocycles. The fourth-order valence-electron chi connectivity index (χ4n) is 3.00. The molecule has 1 aliphatic rings. The molecule has 28 heavy (non-hydrogen) atoms. The Morgan fingerprint density at radius 2 is 2.25 bits per heavy atom. The number of carbonyl (C=O) groups excluding carboxylic acids is 1. The highest BCUT2D eigenvalue weighted by Gasteiger charge is 2.20. The molecule has 0 bridgehead atoms. The topological polar surface area (TPSA) is 86.0 Å². The summed E-state index contributed by atoms with van der Waals surface area (Å²) in [5.74, 6) is 0.559. The Morgan fingerprint density at radius 3 is 3.00 bits per heavy atom. The van der Waals surface area contributed by atoms with Crippen molar-refractivity contribution in [2.75, 3.05) is 11.5 Å². The molecule has 8 nitrogen and oxygen atoms in total. The smallest absolute Gasteiger partial charge is 0.230 e. The highest BCUT2D eigenvalue weighted by atomic mass is 32.2. The maximum Gasteiger partial charge on any atom is 0.230 e. The molecule has 0 unspecified atom stereocenters. The number of amides is 1. The van der Waals surface area contributed by atoms with E-state index in [4.69, 9.17) is 4.74 Å². The molecule has 0 radical (unpaired) electrons. The lowest BCUT2D eigenvalue weighted by atomic mass is 10.2. The number of rotatable bonds is 7. The van der Waals surface area contributed by atoms with Crippen molar-refractivity contribution >= 4 is 39.8 Å². The van der Waals surface area contributed by atoms with Crippen LogP contribution >= 0.6 is 23.1 Å². The summed E-state index contributed by atoms with van der Waals surface area (Å²) in [5, 5.41) is 15.3. The number of thiazole rings is 1. The molecule has 10 heteroatoms. The standard InChI is InChI=1S/C18H20N6O2S2/c1-13(25)24(15-6-3-2-4-7-15)17-19-14(11-27-17)12-28-18-20-21-22-23(18)10-16-8-5-9-26-16/h2-4,6-7,11,16H,5,8-10,12H2,1H3/t16-/m1/s1. The van der Waals surface area contributed by atoms with E-state index in [1.165, 1.54) is 23.1 Å². The van der Waals surface area contributed by atoms with Crippen molar-refractivity contribution in [1.82, 2.24) is 25.2 Å². The lowest BCUT2D eigenvalue weighted by Gasteiger charge is -2.17. The summed E-state index contributed by atoms with van der Waals surface area (Å²) >= 11 is 2.98. The second-order valence-electron chi connectivity index (χ2n) is 6.38. The maximum atomic E-state index is 12.2. The van der Waals surface area contributed by atoms with Gasteiger partial charge in [-0.2, -0.15) is 0 Å². The lowest BCUT2D eigenvalue weighted by molar-refractivity contribution is -0.115. The summed E-state index contributed by atoms with van der Waals surface area (Å²) < 4.78 is 7.46. The van der Waals surface area contributed by atoms with Crippen molar-refractivity contribution in [3.05, 3.63) is 41.4 Å². The molecule has 1 atom stereocenters. The number of nitrogens with zero attached hydrogens (tertiary/aromatic N) is 6. The third-order valence-corrected chi connectivity index (χ3v) is 6.17. The van der Waals surface area contributed by atoms with Gasteiger partial charge >= 0.3 is 0 Å². The first-order valence-corrected chi connectivity index (χ1v) is 10.9. The molecule has 0 N–H and O–H groups in total. The Labute approximate surface area is 170 Å². The Balaban J connectivity index is 1.43. The molecule has 146 valence electrons. The predicted octanol–water partition coefficient (Wildman–Crippen LogP) is 3.29. The molecule has 0 spiro atoms. The molecule has 1 fully saturated rings. The average molecular weight is 417 g/mol. The minimum atomic E-state index is -0.0692. The Hall–Kier alpha value is -2.30. The molecule has 0 aliphatic carbocycles. The van der Waals surface area contributed by atoms with E-state index in [1.54, 1.807) is 16.5 Å². The quantitative estimate of drug-likeness (QED) is 0.546. The molecule has 1 amide bonds. The van der Waals surface area contributed by atoms with E-state index in [2.05, 4.69) is 20.5 Å². The number of thioether (sulfide) groups is 1. The van der Waals surface area contributed by atoms with Crippen molar-refractivity contribution in [3.63, 3.8) is 0 Å². The van der Waals surface area contributed by atoms with E-state index in [-0.39, 0.29) is 12.0 Å². The van der Waals surface area contributed by atoms with Crippen LogP contribution in [0, 0.1) is 0 Å². The van der Waals surface area contributed by atoms with Gasteiger partial charge in [-0.1, -0.05) is 30.0 Å². The summed E-state index contributed by atoms with van der Waals surface area (Å²) in [5.41, 5.74) is 1.70. The van der Waals surface area contributed by atoms with Crippen LogP contribution in [0.15, 0.2) is 40.9 Å². The van der Waals surface area contributed by atoms with E-state index >= 15 is 0 Å². The molecule has 0 saturated carbocycles. The van der Waals surface area contributed by atoms with Crippen LogP contribution in [0.2, 0.25) is 0 Å². The summed E-state index contributed by atoms with van der Waals surface area (Å²) in [7, 11) is 0.